The summed E-state index contributed by atoms with van der Waals surface area (Å²) in [4.78, 5) is 10.5. The van der Waals surface area contributed by atoms with Gasteiger partial charge in [0.1, 0.15) is 11.4 Å². The summed E-state index contributed by atoms with van der Waals surface area (Å²) in [5, 5.41) is 28.3. The van der Waals surface area contributed by atoms with Crippen molar-refractivity contribution >= 4 is 5.69 Å². The van der Waals surface area contributed by atoms with E-state index < -0.39 is 11.0 Å². The zero-order chi connectivity index (χ0) is 15.6. The molecule has 8 heteroatoms. The number of hydrogen-bond acceptors (Lipinski definition) is 6. The van der Waals surface area contributed by atoms with Gasteiger partial charge in [-0.1, -0.05) is 6.92 Å². The van der Waals surface area contributed by atoms with Crippen LogP contribution >= 0.6 is 0 Å². The molecule has 0 aromatic carbocycles. The van der Waals surface area contributed by atoms with Gasteiger partial charge in [0.2, 0.25) is 0 Å². The summed E-state index contributed by atoms with van der Waals surface area (Å²) in [6.45, 7) is 8.28. The summed E-state index contributed by atoms with van der Waals surface area (Å²) in [5.41, 5.74) is 1.01. The molecule has 1 saturated heterocycles. The fourth-order valence-electron chi connectivity index (χ4n) is 2.49. The molecule has 1 unspecified atom stereocenters. The molecule has 2 heterocycles. The third-order valence-corrected chi connectivity index (χ3v) is 3.74. The SMILES string of the molecule is Cc1nn(CC(O)CNCC2(C)COC2)c(C)c1[N+](=O)[O-]. The monoisotopic (exact) mass is 298 g/mol. The van der Waals surface area contributed by atoms with Crippen LogP contribution in [-0.2, 0) is 11.3 Å². The molecular formula is C13H22N4O4. The lowest BCUT2D eigenvalue weighted by Crippen LogP contribution is -2.48. The molecule has 1 aliphatic rings. The topological polar surface area (TPSA) is 102 Å². The van der Waals surface area contributed by atoms with Crippen LogP contribution in [0.4, 0.5) is 5.69 Å². The Hall–Kier alpha value is -1.51. The predicted molar refractivity (Wildman–Crippen MR) is 76.2 cm³/mol. The minimum atomic E-state index is -0.646. The second kappa shape index (κ2) is 6.08. The van der Waals surface area contributed by atoms with Crippen LogP contribution in [-0.4, -0.2) is 52.2 Å². The van der Waals surface area contributed by atoms with Crippen molar-refractivity contribution in [2.75, 3.05) is 26.3 Å². The molecule has 0 bridgehead atoms. The zero-order valence-corrected chi connectivity index (χ0v) is 12.6. The van der Waals surface area contributed by atoms with E-state index in [0.717, 1.165) is 19.8 Å². The maximum Gasteiger partial charge on any atom is 0.312 e. The van der Waals surface area contributed by atoms with Crippen LogP contribution in [0.25, 0.3) is 0 Å². The molecule has 8 nitrogen and oxygen atoms in total. The molecule has 2 N–H and O–H groups in total. The van der Waals surface area contributed by atoms with Crippen molar-refractivity contribution in [2.45, 2.75) is 33.4 Å². The Morgan fingerprint density at radius 3 is 2.71 bits per heavy atom. The number of aliphatic hydroxyl groups excluding tert-OH is 1. The Morgan fingerprint density at radius 1 is 1.57 bits per heavy atom. The maximum absolute atomic E-state index is 10.9. The first-order valence-electron chi connectivity index (χ1n) is 6.97. The summed E-state index contributed by atoms with van der Waals surface area (Å²) >= 11 is 0. The van der Waals surface area contributed by atoms with Crippen LogP contribution < -0.4 is 5.32 Å². The maximum atomic E-state index is 10.9. The second-order valence-corrected chi connectivity index (χ2v) is 6.05. The summed E-state index contributed by atoms with van der Waals surface area (Å²) in [6, 6.07) is 0. The smallest absolute Gasteiger partial charge is 0.312 e. The minimum Gasteiger partial charge on any atom is -0.390 e. The van der Waals surface area contributed by atoms with Crippen LogP contribution in [0.1, 0.15) is 18.3 Å². The molecule has 0 amide bonds. The van der Waals surface area contributed by atoms with Crippen molar-refractivity contribution < 1.29 is 14.8 Å². The zero-order valence-electron chi connectivity index (χ0n) is 12.6. The Morgan fingerprint density at radius 2 is 2.24 bits per heavy atom. The Bertz CT molecular complexity index is 524. The molecule has 1 atom stereocenters. The Labute approximate surface area is 123 Å². The number of aliphatic hydroxyl groups is 1. The number of nitrogens with zero attached hydrogens (tertiary/aromatic N) is 3. The fraction of sp³-hybridized carbons (Fsp3) is 0.769. The van der Waals surface area contributed by atoms with Crippen molar-refractivity contribution in [1.29, 1.82) is 0 Å². The van der Waals surface area contributed by atoms with Gasteiger partial charge in [-0.3, -0.25) is 14.8 Å². The van der Waals surface area contributed by atoms with Crippen molar-refractivity contribution in [3.63, 3.8) is 0 Å². The lowest BCUT2D eigenvalue weighted by molar-refractivity contribution is -0.386. The minimum absolute atomic E-state index is 0.0225. The second-order valence-electron chi connectivity index (χ2n) is 6.05. The number of aromatic nitrogens is 2. The lowest BCUT2D eigenvalue weighted by atomic mass is 9.89. The molecule has 0 saturated carbocycles. The van der Waals surface area contributed by atoms with Gasteiger partial charge in [0, 0.05) is 18.5 Å². The van der Waals surface area contributed by atoms with Gasteiger partial charge < -0.3 is 15.2 Å². The number of nitrogens with one attached hydrogen (secondary N) is 1. The van der Waals surface area contributed by atoms with E-state index in [2.05, 4.69) is 17.3 Å². The Balaban J connectivity index is 1.86. The van der Waals surface area contributed by atoms with Crippen molar-refractivity contribution in [2.24, 2.45) is 5.41 Å². The fourth-order valence-corrected chi connectivity index (χ4v) is 2.49. The highest BCUT2D eigenvalue weighted by atomic mass is 16.6. The third kappa shape index (κ3) is 3.58. The summed E-state index contributed by atoms with van der Waals surface area (Å²) in [7, 11) is 0. The molecule has 0 aliphatic carbocycles. The summed E-state index contributed by atoms with van der Waals surface area (Å²) < 4.78 is 6.66. The molecule has 2 rings (SSSR count). The number of aryl methyl sites for hydroxylation is 1. The molecular weight excluding hydrogens is 276 g/mol. The van der Waals surface area contributed by atoms with Crippen molar-refractivity contribution in [1.82, 2.24) is 15.1 Å². The number of nitro groups is 1. The van der Waals surface area contributed by atoms with Gasteiger partial charge >= 0.3 is 5.69 Å². The molecule has 1 aliphatic heterocycles. The van der Waals surface area contributed by atoms with E-state index in [9.17, 15) is 15.2 Å². The van der Waals surface area contributed by atoms with Crippen LogP contribution in [0.3, 0.4) is 0 Å². The van der Waals surface area contributed by atoms with Crippen LogP contribution in [0.15, 0.2) is 0 Å². The number of rotatable bonds is 7. The van der Waals surface area contributed by atoms with Crippen LogP contribution in [0.5, 0.6) is 0 Å². The highest BCUT2D eigenvalue weighted by Crippen LogP contribution is 2.25. The number of ether oxygens (including phenoxy) is 1. The number of hydrogen-bond donors (Lipinski definition) is 2. The van der Waals surface area contributed by atoms with Gasteiger partial charge in [0.05, 0.1) is 30.8 Å². The third-order valence-electron chi connectivity index (χ3n) is 3.74. The van der Waals surface area contributed by atoms with E-state index in [1.807, 2.05) is 0 Å². The van der Waals surface area contributed by atoms with E-state index in [0.29, 0.717) is 17.9 Å². The quantitative estimate of drug-likeness (QED) is 0.558. The van der Waals surface area contributed by atoms with Crippen molar-refractivity contribution in [3.05, 3.63) is 21.5 Å². The highest BCUT2D eigenvalue weighted by Gasteiger charge is 2.32. The first-order chi connectivity index (χ1) is 9.82. The average molecular weight is 298 g/mol. The predicted octanol–water partition coefficient (Wildman–Crippen LogP) is 0.395. The first-order valence-corrected chi connectivity index (χ1v) is 6.97. The van der Waals surface area contributed by atoms with E-state index >= 15 is 0 Å². The van der Waals surface area contributed by atoms with Gasteiger partial charge in [0.15, 0.2) is 0 Å². The largest absolute Gasteiger partial charge is 0.390 e. The lowest BCUT2D eigenvalue weighted by Gasteiger charge is -2.38. The normalized spacial score (nSPS) is 18.3. The van der Waals surface area contributed by atoms with Gasteiger partial charge in [0.25, 0.3) is 0 Å². The summed E-state index contributed by atoms with van der Waals surface area (Å²) in [5.74, 6) is 0. The molecule has 118 valence electrons. The van der Waals surface area contributed by atoms with Gasteiger partial charge in [-0.05, 0) is 13.8 Å². The first kappa shape index (κ1) is 15.9. The van der Waals surface area contributed by atoms with Gasteiger partial charge in [-0.25, -0.2) is 0 Å². The van der Waals surface area contributed by atoms with E-state index in [1.54, 1.807) is 13.8 Å². The summed E-state index contributed by atoms with van der Waals surface area (Å²) in [6.07, 6.45) is -0.646. The highest BCUT2D eigenvalue weighted by molar-refractivity contribution is 5.39. The molecule has 0 spiro atoms. The van der Waals surface area contributed by atoms with Crippen molar-refractivity contribution in [3.8, 4) is 0 Å². The van der Waals surface area contributed by atoms with E-state index in [4.69, 9.17) is 4.74 Å². The van der Waals surface area contributed by atoms with E-state index in [-0.39, 0.29) is 17.6 Å². The van der Waals surface area contributed by atoms with Crippen LogP contribution in [0.2, 0.25) is 0 Å². The van der Waals surface area contributed by atoms with Gasteiger partial charge in [-0.15, -0.1) is 0 Å². The van der Waals surface area contributed by atoms with Gasteiger partial charge in [-0.2, -0.15) is 5.10 Å². The molecule has 21 heavy (non-hydrogen) atoms. The molecule has 1 aromatic rings. The molecule has 1 fully saturated rings. The Kier molecular flexibility index (Phi) is 4.60. The average Bonchev–Trinajstić information content (AvgIpc) is 2.62. The molecule has 0 radical (unpaired) electrons. The van der Waals surface area contributed by atoms with E-state index in [1.165, 1.54) is 4.68 Å². The molecule has 1 aromatic heterocycles. The standard InChI is InChI=1S/C13H22N4O4/c1-9-12(17(19)20)10(2)16(15-9)5-11(18)4-14-6-13(3)7-21-8-13/h11,14,18H,4-8H2,1-3H3. The van der Waals surface area contributed by atoms with Crippen LogP contribution in [0, 0.1) is 29.4 Å².